The normalized spacial score (nSPS) is 11.0. The lowest BCUT2D eigenvalue weighted by Gasteiger charge is -2.12. The third-order valence-corrected chi connectivity index (χ3v) is 4.60. The molecule has 0 spiro atoms. The first-order chi connectivity index (χ1) is 9.75. The number of hydrogen-bond acceptors (Lipinski definition) is 5. The fourth-order valence-corrected chi connectivity index (χ4v) is 3.21. The Labute approximate surface area is 137 Å². The van der Waals surface area contributed by atoms with Gasteiger partial charge in [0.25, 0.3) is 0 Å². The average molecular weight is 395 g/mol. The minimum absolute atomic E-state index is 0.0397. The number of carbonyl (C=O) groups excluding carboxylic acids is 1. The molecule has 3 N–H and O–H groups in total. The van der Waals surface area contributed by atoms with Gasteiger partial charge in [-0.3, -0.25) is 9.52 Å². The standard InChI is InChI=1S/C12H15BrN2O4S2/c1-19-11(16)3-2-6-21(17,18)15-10-7-8(13)4-5-9(10)12(14)20/h4-5,7,15H,2-3,6H2,1H3,(H2,14,20). The van der Waals surface area contributed by atoms with E-state index in [2.05, 4.69) is 25.4 Å². The molecule has 6 nitrogen and oxygen atoms in total. The molecule has 0 aromatic heterocycles. The number of ether oxygens (including phenoxy) is 1. The Balaban J connectivity index is 2.82. The molecule has 0 aliphatic carbocycles. The zero-order valence-electron chi connectivity index (χ0n) is 11.3. The van der Waals surface area contributed by atoms with Crippen LogP contribution < -0.4 is 10.5 Å². The van der Waals surface area contributed by atoms with Crippen LogP contribution in [-0.2, 0) is 19.6 Å². The molecule has 0 aliphatic heterocycles. The number of hydrogen-bond donors (Lipinski definition) is 2. The van der Waals surface area contributed by atoms with E-state index in [9.17, 15) is 13.2 Å². The van der Waals surface area contributed by atoms with Crippen molar-refractivity contribution in [3.63, 3.8) is 0 Å². The molecule has 0 amide bonds. The second kappa shape index (κ2) is 7.71. The summed E-state index contributed by atoms with van der Waals surface area (Å²) in [6.45, 7) is 0. The summed E-state index contributed by atoms with van der Waals surface area (Å²) < 4.78 is 31.6. The van der Waals surface area contributed by atoms with Crippen molar-refractivity contribution < 1.29 is 17.9 Å². The van der Waals surface area contributed by atoms with Gasteiger partial charge in [-0.1, -0.05) is 28.1 Å². The lowest BCUT2D eigenvalue weighted by molar-refractivity contribution is -0.140. The molecular weight excluding hydrogens is 380 g/mol. The zero-order valence-corrected chi connectivity index (χ0v) is 14.5. The van der Waals surface area contributed by atoms with Crippen LogP contribution in [0.4, 0.5) is 5.69 Å². The Morgan fingerprint density at radius 3 is 2.71 bits per heavy atom. The van der Waals surface area contributed by atoms with Crippen LogP contribution in [0.25, 0.3) is 0 Å². The van der Waals surface area contributed by atoms with E-state index in [0.29, 0.717) is 15.7 Å². The summed E-state index contributed by atoms with van der Waals surface area (Å²) in [4.78, 5) is 11.1. The van der Waals surface area contributed by atoms with Crippen molar-refractivity contribution in [1.82, 2.24) is 0 Å². The minimum Gasteiger partial charge on any atom is -0.469 e. The second-order valence-corrected chi connectivity index (χ2v) is 7.35. The van der Waals surface area contributed by atoms with Crippen LogP contribution in [-0.4, -0.2) is 32.2 Å². The number of anilines is 1. The molecule has 1 aromatic carbocycles. The smallest absolute Gasteiger partial charge is 0.305 e. The summed E-state index contributed by atoms with van der Waals surface area (Å²) in [5.74, 6) is -0.651. The average Bonchev–Trinajstić information content (AvgIpc) is 2.37. The van der Waals surface area contributed by atoms with Gasteiger partial charge in [0.05, 0.1) is 18.6 Å². The van der Waals surface area contributed by atoms with E-state index in [1.54, 1.807) is 18.2 Å². The molecule has 0 aliphatic rings. The molecule has 0 unspecified atom stereocenters. The zero-order chi connectivity index (χ0) is 16.0. The van der Waals surface area contributed by atoms with Crippen LogP contribution >= 0.6 is 28.1 Å². The van der Waals surface area contributed by atoms with Crippen LogP contribution in [0.3, 0.4) is 0 Å². The van der Waals surface area contributed by atoms with Crippen molar-refractivity contribution in [3.8, 4) is 0 Å². The van der Waals surface area contributed by atoms with Crippen molar-refractivity contribution in [2.75, 3.05) is 17.6 Å². The van der Waals surface area contributed by atoms with Crippen molar-refractivity contribution >= 4 is 54.8 Å². The van der Waals surface area contributed by atoms with Gasteiger partial charge in [0.2, 0.25) is 10.0 Å². The van der Waals surface area contributed by atoms with Gasteiger partial charge < -0.3 is 10.5 Å². The highest BCUT2D eigenvalue weighted by molar-refractivity contribution is 9.10. The fraction of sp³-hybridized carbons (Fsp3) is 0.333. The number of carbonyl (C=O) groups is 1. The lowest BCUT2D eigenvalue weighted by Crippen LogP contribution is -2.20. The summed E-state index contributed by atoms with van der Waals surface area (Å²) in [6, 6.07) is 4.91. The highest BCUT2D eigenvalue weighted by Crippen LogP contribution is 2.22. The minimum atomic E-state index is -3.61. The molecule has 0 saturated carbocycles. The van der Waals surface area contributed by atoms with E-state index in [0.717, 1.165) is 0 Å². The van der Waals surface area contributed by atoms with Crippen LogP contribution in [0.15, 0.2) is 22.7 Å². The van der Waals surface area contributed by atoms with Gasteiger partial charge in [0.1, 0.15) is 4.99 Å². The van der Waals surface area contributed by atoms with E-state index in [1.807, 2.05) is 0 Å². The molecule has 0 heterocycles. The van der Waals surface area contributed by atoms with E-state index in [4.69, 9.17) is 18.0 Å². The molecule has 9 heteroatoms. The quantitative estimate of drug-likeness (QED) is 0.540. The number of sulfonamides is 1. The van der Waals surface area contributed by atoms with Gasteiger partial charge in [-0.05, 0) is 24.6 Å². The number of nitrogens with two attached hydrogens (primary N) is 1. The van der Waals surface area contributed by atoms with Gasteiger partial charge in [-0.15, -0.1) is 0 Å². The van der Waals surface area contributed by atoms with E-state index in [-0.39, 0.29) is 23.6 Å². The Morgan fingerprint density at radius 1 is 1.48 bits per heavy atom. The third-order valence-electron chi connectivity index (χ3n) is 2.53. The van der Waals surface area contributed by atoms with Crippen molar-refractivity contribution in [1.29, 1.82) is 0 Å². The Morgan fingerprint density at radius 2 is 2.14 bits per heavy atom. The monoisotopic (exact) mass is 394 g/mol. The largest absolute Gasteiger partial charge is 0.469 e. The maximum Gasteiger partial charge on any atom is 0.305 e. The Kier molecular flexibility index (Phi) is 6.56. The number of thiocarbonyl (C=S) groups is 1. The van der Waals surface area contributed by atoms with E-state index in [1.165, 1.54) is 7.11 Å². The van der Waals surface area contributed by atoms with Gasteiger partial charge >= 0.3 is 5.97 Å². The van der Waals surface area contributed by atoms with Gasteiger partial charge in [0.15, 0.2) is 0 Å². The molecule has 0 saturated heterocycles. The van der Waals surface area contributed by atoms with Crippen molar-refractivity contribution in [2.24, 2.45) is 5.73 Å². The fourth-order valence-electron chi connectivity index (χ4n) is 1.54. The molecule has 0 radical (unpaired) electrons. The molecule has 116 valence electrons. The summed E-state index contributed by atoms with van der Waals surface area (Å²) in [6.07, 6.45) is 0.205. The van der Waals surface area contributed by atoms with Crippen LogP contribution in [0.2, 0.25) is 0 Å². The number of benzene rings is 1. The first-order valence-corrected chi connectivity index (χ1v) is 8.77. The first-order valence-electron chi connectivity index (χ1n) is 5.92. The number of esters is 1. The number of nitrogens with one attached hydrogen (secondary N) is 1. The van der Waals surface area contributed by atoms with Crippen LogP contribution in [0.5, 0.6) is 0 Å². The van der Waals surface area contributed by atoms with E-state index < -0.39 is 16.0 Å². The molecule has 21 heavy (non-hydrogen) atoms. The molecule has 0 fully saturated rings. The molecular formula is C12H15BrN2O4S2. The first kappa shape index (κ1) is 17.9. The summed E-state index contributed by atoms with van der Waals surface area (Å²) in [5, 5.41) is 0. The topological polar surface area (TPSA) is 98.5 Å². The molecule has 1 rings (SSSR count). The lowest BCUT2D eigenvalue weighted by atomic mass is 10.2. The van der Waals surface area contributed by atoms with Gasteiger partial charge in [-0.25, -0.2) is 8.42 Å². The second-order valence-electron chi connectivity index (χ2n) is 4.15. The Bertz CT molecular complexity index is 647. The van der Waals surface area contributed by atoms with Crippen LogP contribution in [0, 0.1) is 0 Å². The number of methoxy groups -OCH3 is 1. The third kappa shape index (κ3) is 5.98. The maximum atomic E-state index is 12.0. The Hall–Kier alpha value is -1.19. The predicted octanol–water partition coefficient (Wildman–Crippen LogP) is 1.78. The summed E-state index contributed by atoms with van der Waals surface area (Å²) in [7, 11) is -2.35. The number of rotatable bonds is 7. The van der Waals surface area contributed by atoms with Crippen LogP contribution in [0.1, 0.15) is 18.4 Å². The number of halogens is 1. The highest BCUT2D eigenvalue weighted by Gasteiger charge is 2.15. The predicted molar refractivity (Wildman–Crippen MR) is 88.7 cm³/mol. The summed E-state index contributed by atoms with van der Waals surface area (Å²) >= 11 is 8.14. The summed E-state index contributed by atoms with van der Waals surface area (Å²) in [5.41, 5.74) is 6.30. The highest BCUT2D eigenvalue weighted by atomic mass is 79.9. The van der Waals surface area contributed by atoms with Gasteiger partial charge in [0, 0.05) is 16.5 Å². The molecule has 1 aromatic rings. The van der Waals surface area contributed by atoms with Gasteiger partial charge in [-0.2, -0.15) is 0 Å². The van der Waals surface area contributed by atoms with Crippen molar-refractivity contribution in [2.45, 2.75) is 12.8 Å². The SMILES string of the molecule is COC(=O)CCCS(=O)(=O)Nc1cc(Br)ccc1C(N)=S. The van der Waals surface area contributed by atoms with E-state index >= 15 is 0 Å². The van der Waals surface area contributed by atoms with Crippen molar-refractivity contribution in [3.05, 3.63) is 28.2 Å². The maximum absolute atomic E-state index is 12.0. The molecule has 0 atom stereocenters. The molecule has 0 bridgehead atoms.